The monoisotopic (exact) mass is 264 g/mol. The highest BCUT2D eigenvalue weighted by Gasteiger charge is 2.28. The normalized spacial score (nSPS) is 14.0. The van der Waals surface area contributed by atoms with Gasteiger partial charge in [-0.2, -0.15) is 0 Å². The summed E-state index contributed by atoms with van der Waals surface area (Å²) in [7, 11) is 0. The van der Waals surface area contributed by atoms with Crippen LogP contribution in [0.4, 0.5) is 0 Å². The van der Waals surface area contributed by atoms with Crippen LogP contribution in [0, 0.1) is 5.41 Å². The van der Waals surface area contributed by atoms with Gasteiger partial charge in [-0.05, 0) is 35.6 Å². The smallest absolute Gasteiger partial charge is 0.0651 e. The number of hydrogen-bond donors (Lipinski definition) is 0. The van der Waals surface area contributed by atoms with Gasteiger partial charge in [0.15, 0.2) is 0 Å². The molecule has 3 heteroatoms. The lowest BCUT2D eigenvalue weighted by atomic mass is 9.83. The van der Waals surface area contributed by atoms with Crippen molar-refractivity contribution in [3.8, 4) is 0 Å². The van der Waals surface area contributed by atoms with E-state index in [1.807, 2.05) is 6.07 Å². The van der Waals surface area contributed by atoms with Gasteiger partial charge in [0.05, 0.1) is 5.38 Å². The molecule has 0 aliphatic carbocycles. The van der Waals surface area contributed by atoms with Crippen LogP contribution in [0.25, 0.3) is 0 Å². The lowest BCUT2D eigenvalue weighted by molar-refractivity contribution is 0.336. The topological polar surface area (TPSA) is 0 Å². The first kappa shape index (κ1) is 13.2. The summed E-state index contributed by atoms with van der Waals surface area (Å²) in [4.78, 5) is 0. The van der Waals surface area contributed by atoms with Gasteiger partial charge in [0, 0.05) is 10.0 Å². The molecule has 0 heterocycles. The van der Waals surface area contributed by atoms with Crippen LogP contribution < -0.4 is 0 Å². The van der Waals surface area contributed by atoms with Crippen molar-refractivity contribution in [1.82, 2.24) is 0 Å². The molecule has 0 saturated carbocycles. The first-order valence-electron chi connectivity index (χ1n) is 4.97. The highest BCUT2D eigenvalue weighted by atomic mass is 35.5. The summed E-state index contributed by atoms with van der Waals surface area (Å²) < 4.78 is 0. The maximum absolute atomic E-state index is 6.43. The quantitative estimate of drug-likeness (QED) is 0.614. The number of rotatable bonds is 3. The van der Waals surface area contributed by atoms with Crippen molar-refractivity contribution >= 4 is 34.8 Å². The van der Waals surface area contributed by atoms with Crippen LogP contribution in [0.2, 0.25) is 10.0 Å². The highest BCUT2D eigenvalue weighted by Crippen LogP contribution is 2.44. The summed E-state index contributed by atoms with van der Waals surface area (Å²) in [6.07, 6.45) is 0.990. The van der Waals surface area contributed by atoms with E-state index < -0.39 is 0 Å². The lowest BCUT2D eigenvalue weighted by Gasteiger charge is -2.29. The molecule has 0 aliphatic rings. The largest absolute Gasteiger partial charge is 0.117 e. The van der Waals surface area contributed by atoms with E-state index in [0.29, 0.717) is 10.0 Å². The molecule has 0 amide bonds. The maximum atomic E-state index is 6.43. The molecule has 0 fully saturated rings. The van der Waals surface area contributed by atoms with Gasteiger partial charge in [-0.25, -0.2) is 0 Å². The average molecular weight is 266 g/mol. The Kier molecular flexibility index (Phi) is 4.34. The third-order valence-corrected chi connectivity index (χ3v) is 4.23. The Balaban J connectivity index is 3.10. The van der Waals surface area contributed by atoms with Crippen LogP contribution in [0.5, 0.6) is 0 Å². The van der Waals surface area contributed by atoms with Crippen LogP contribution in [-0.4, -0.2) is 0 Å². The number of hydrogen-bond acceptors (Lipinski definition) is 0. The number of halogens is 3. The standard InChI is InChI=1S/C12H15Cl3/c1-4-12(2,3)11(15)9-7-8(13)5-6-10(9)14/h5-7,11H,4H2,1-3H3. The molecule has 0 aliphatic heterocycles. The second-order valence-corrected chi connectivity index (χ2v) is 5.65. The fourth-order valence-electron chi connectivity index (χ4n) is 1.31. The highest BCUT2D eigenvalue weighted by molar-refractivity contribution is 6.34. The van der Waals surface area contributed by atoms with Crippen molar-refractivity contribution in [2.24, 2.45) is 5.41 Å². The van der Waals surface area contributed by atoms with Gasteiger partial charge in [0.2, 0.25) is 0 Å². The Bertz CT molecular complexity index is 345. The van der Waals surface area contributed by atoms with E-state index in [2.05, 4.69) is 20.8 Å². The van der Waals surface area contributed by atoms with Gasteiger partial charge in [-0.3, -0.25) is 0 Å². The van der Waals surface area contributed by atoms with E-state index in [-0.39, 0.29) is 10.8 Å². The fraction of sp³-hybridized carbons (Fsp3) is 0.500. The van der Waals surface area contributed by atoms with Crippen LogP contribution in [-0.2, 0) is 0 Å². The van der Waals surface area contributed by atoms with Crippen molar-refractivity contribution in [3.63, 3.8) is 0 Å². The molecule has 0 spiro atoms. The first-order valence-corrected chi connectivity index (χ1v) is 6.16. The number of alkyl halides is 1. The lowest BCUT2D eigenvalue weighted by Crippen LogP contribution is -2.17. The van der Waals surface area contributed by atoms with Crippen molar-refractivity contribution in [3.05, 3.63) is 33.8 Å². The minimum absolute atomic E-state index is 0.00980. The van der Waals surface area contributed by atoms with Crippen molar-refractivity contribution in [1.29, 1.82) is 0 Å². The Morgan fingerprint density at radius 1 is 1.27 bits per heavy atom. The first-order chi connectivity index (χ1) is 6.88. The molecule has 15 heavy (non-hydrogen) atoms. The second-order valence-electron chi connectivity index (χ2n) is 4.37. The van der Waals surface area contributed by atoms with Crippen LogP contribution in [0.1, 0.15) is 38.1 Å². The van der Waals surface area contributed by atoms with Gasteiger partial charge < -0.3 is 0 Å². The molecular weight excluding hydrogens is 250 g/mol. The fourth-order valence-corrected chi connectivity index (χ4v) is 2.11. The van der Waals surface area contributed by atoms with Gasteiger partial charge in [-0.1, -0.05) is 44.0 Å². The third-order valence-electron chi connectivity index (χ3n) is 2.83. The van der Waals surface area contributed by atoms with E-state index in [1.54, 1.807) is 12.1 Å². The maximum Gasteiger partial charge on any atom is 0.0651 e. The minimum Gasteiger partial charge on any atom is -0.117 e. The molecule has 0 aromatic heterocycles. The summed E-state index contributed by atoms with van der Waals surface area (Å²) in [5, 5.41) is 1.24. The molecule has 0 bridgehead atoms. The van der Waals surface area contributed by atoms with Gasteiger partial charge in [0.25, 0.3) is 0 Å². The zero-order valence-corrected chi connectivity index (χ0v) is 11.4. The Morgan fingerprint density at radius 3 is 2.40 bits per heavy atom. The van der Waals surface area contributed by atoms with E-state index in [9.17, 15) is 0 Å². The SMILES string of the molecule is CCC(C)(C)C(Cl)c1cc(Cl)ccc1Cl. The van der Waals surface area contributed by atoms with Crippen molar-refractivity contribution < 1.29 is 0 Å². The average Bonchev–Trinajstić information content (AvgIpc) is 2.20. The Hall–Kier alpha value is 0.0900. The van der Waals surface area contributed by atoms with E-state index in [4.69, 9.17) is 34.8 Å². The molecule has 0 saturated heterocycles. The predicted octanol–water partition coefficient (Wildman–Crippen LogP) is 5.71. The minimum atomic E-state index is -0.117. The van der Waals surface area contributed by atoms with E-state index >= 15 is 0 Å². The summed E-state index contributed by atoms with van der Waals surface area (Å²) in [5.74, 6) is 0. The van der Waals surface area contributed by atoms with E-state index in [1.165, 1.54) is 0 Å². The van der Waals surface area contributed by atoms with Gasteiger partial charge >= 0.3 is 0 Å². The summed E-state index contributed by atoms with van der Waals surface area (Å²) in [6.45, 7) is 6.37. The molecule has 1 aromatic rings. The Morgan fingerprint density at radius 2 is 1.87 bits per heavy atom. The second kappa shape index (κ2) is 4.95. The predicted molar refractivity (Wildman–Crippen MR) is 69.1 cm³/mol. The zero-order chi connectivity index (χ0) is 11.6. The molecule has 0 N–H and O–H groups in total. The van der Waals surface area contributed by atoms with Crippen molar-refractivity contribution in [2.75, 3.05) is 0 Å². The van der Waals surface area contributed by atoms with Crippen molar-refractivity contribution in [2.45, 2.75) is 32.6 Å². The van der Waals surface area contributed by atoms with Crippen LogP contribution >= 0.6 is 34.8 Å². The van der Waals surface area contributed by atoms with Crippen LogP contribution in [0.3, 0.4) is 0 Å². The third kappa shape index (κ3) is 3.03. The molecule has 0 nitrogen and oxygen atoms in total. The summed E-state index contributed by atoms with van der Waals surface area (Å²) in [6, 6.07) is 5.41. The summed E-state index contributed by atoms with van der Waals surface area (Å²) >= 11 is 18.5. The zero-order valence-electron chi connectivity index (χ0n) is 9.15. The molecule has 1 atom stereocenters. The van der Waals surface area contributed by atoms with E-state index in [0.717, 1.165) is 12.0 Å². The Labute approximate surface area is 107 Å². The number of benzene rings is 1. The molecular formula is C12H15Cl3. The van der Waals surface area contributed by atoms with Crippen LogP contribution in [0.15, 0.2) is 18.2 Å². The van der Waals surface area contributed by atoms with Gasteiger partial charge in [0.1, 0.15) is 0 Å². The molecule has 84 valence electrons. The molecule has 1 rings (SSSR count). The molecule has 0 radical (unpaired) electrons. The van der Waals surface area contributed by atoms with Gasteiger partial charge in [-0.15, -0.1) is 11.6 Å². The summed E-state index contributed by atoms with van der Waals surface area (Å²) in [5.41, 5.74) is 0.924. The molecule has 1 aromatic carbocycles. The molecule has 1 unspecified atom stereocenters.